The van der Waals surface area contributed by atoms with Crippen molar-refractivity contribution in [2.45, 2.75) is 76.0 Å². The molecule has 0 spiro atoms. The summed E-state index contributed by atoms with van der Waals surface area (Å²) in [5.41, 5.74) is -0.358. The van der Waals surface area contributed by atoms with Gasteiger partial charge in [-0.05, 0) is 58.2 Å². The summed E-state index contributed by atoms with van der Waals surface area (Å²) >= 11 is 0. The number of halogens is 3. The van der Waals surface area contributed by atoms with Gasteiger partial charge in [-0.3, -0.25) is 9.69 Å². The molecule has 0 radical (unpaired) electrons. The number of aliphatic hydroxyl groups excluding tert-OH is 1. The highest BCUT2D eigenvalue weighted by molar-refractivity contribution is 5.92. The average Bonchev–Trinajstić information content (AvgIpc) is 3.07. The Morgan fingerprint density at radius 3 is 2.71 bits per heavy atom. The number of rotatable bonds is 6. The second-order valence-electron chi connectivity index (χ2n) is 8.83. The van der Waals surface area contributed by atoms with Gasteiger partial charge in [0.2, 0.25) is 5.82 Å². The Bertz CT molecular complexity index is 761. The van der Waals surface area contributed by atoms with Gasteiger partial charge in [0.25, 0.3) is 5.91 Å². The largest absolute Gasteiger partial charge is 0.451 e. The van der Waals surface area contributed by atoms with Crippen molar-refractivity contribution in [2.75, 3.05) is 20.6 Å². The minimum atomic E-state index is -4.72. The number of nitrogens with one attached hydrogen (secondary N) is 1. The van der Waals surface area contributed by atoms with E-state index in [1.54, 1.807) is 0 Å². The van der Waals surface area contributed by atoms with Crippen molar-refractivity contribution in [3.05, 3.63) is 23.8 Å². The standard InChI is InChI=1S/C21H32F3N5O2/c1-4-5-13-12-14(28(2)3)6-7-17(13)29-11-9-16(19(29)31)26-18(30)15-8-10-25-20(27-15)21(22,23)24/h8,10,13-14,16-17,19,31H,4-7,9,11-12H2,1-3H3,(H,26,30)/t13-,14+,16?,17-,19-/m0/s1. The van der Waals surface area contributed by atoms with Crippen LogP contribution in [0.15, 0.2) is 12.3 Å². The second kappa shape index (κ2) is 9.79. The number of aromatic nitrogens is 2. The third-order valence-electron chi connectivity index (χ3n) is 6.59. The SMILES string of the molecule is CCC[C@H]1C[C@H](N(C)C)CC[C@@H]1N1CCC(NC(=O)c2ccnc(C(F)(F)F)n2)[C@@H]1O. The molecule has 1 unspecified atom stereocenters. The number of carbonyl (C=O) groups is 1. The van der Waals surface area contributed by atoms with E-state index in [9.17, 15) is 23.1 Å². The first kappa shape index (κ1) is 23.9. The van der Waals surface area contributed by atoms with Crippen molar-refractivity contribution >= 4 is 5.91 Å². The van der Waals surface area contributed by atoms with Crippen LogP contribution in [0, 0.1) is 5.92 Å². The molecule has 1 aromatic rings. The molecule has 1 amide bonds. The number of hydrogen-bond acceptors (Lipinski definition) is 6. The maximum atomic E-state index is 12.8. The lowest BCUT2D eigenvalue weighted by atomic mass is 9.78. The normalized spacial score (nSPS) is 30.0. The predicted molar refractivity (Wildman–Crippen MR) is 109 cm³/mol. The Morgan fingerprint density at radius 2 is 2.06 bits per heavy atom. The molecule has 1 saturated heterocycles. The van der Waals surface area contributed by atoms with Gasteiger partial charge in [-0.1, -0.05) is 13.3 Å². The number of aliphatic hydroxyl groups is 1. The summed E-state index contributed by atoms with van der Waals surface area (Å²) in [4.78, 5) is 23.3. The lowest BCUT2D eigenvalue weighted by Gasteiger charge is -2.44. The molecular formula is C21H32F3N5O2. The Morgan fingerprint density at radius 1 is 1.32 bits per heavy atom. The molecule has 2 N–H and O–H groups in total. The summed E-state index contributed by atoms with van der Waals surface area (Å²) in [5, 5.41) is 13.6. The van der Waals surface area contributed by atoms with Crippen LogP contribution in [0.3, 0.4) is 0 Å². The lowest BCUT2D eigenvalue weighted by molar-refractivity contribution is -0.145. The van der Waals surface area contributed by atoms with Crippen LogP contribution < -0.4 is 5.32 Å². The first-order chi connectivity index (χ1) is 14.6. The molecule has 1 aliphatic heterocycles. The molecule has 0 bridgehead atoms. The van der Waals surface area contributed by atoms with Gasteiger partial charge in [-0.15, -0.1) is 0 Å². The van der Waals surface area contributed by atoms with E-state index in [1.807, 2.05) is 0 Å². The summed E-state index contributed by atoms with van der Waals surface area (Å²) in [5.74, 6) is -1.62. The topological polar surface area (TPSA) is 81.6 Å². The van der Waals surface area contributed by atoms with Gasteiger partial charge in [-0.25, -0.2) is 9.97 Å². The third-order valence-corrected chi connectivity index (χ3v) is 6.59. The molecule has 3 rings (SSSR count). The fourth-order valence-electron chi connectivity index (χ4n) is 4.98. The summed E-state index contributed by atoms with van der Waals surface area (Å²) in [7, 11) is 4.20. The zero-order valence-electron chi connectivity index (χ0n) is 18.3. The van der Waals surface area contributed by atoms with Crippen LogP contribution in [-0.4, -0.2) is 75.8 Å². The quantitative estimate of drug-likeness (QED) is 0.703. The Kier molecular flexibility index (Phi) is 7.54. The fourth-order valence-corrected chi connectivity index (χ4v) is 4.98. The minimum absolute atomic E-state index is 0.240. The number of nitrogens with zero attached hydrogens (tertiary/aromatic N) is 4. The zero-order chi connectivity index (χ0) is 22.8. The Balaban J connectivity index is 1.65. The van der Waals surface area contributed by atoms with Crippen molar-refractivity contribution in [1.29, 1.82) is 0 Å². The second-order valence-corrected chi connectivity index (χ2v) is 8.83. The predicted octanol–water partition coefficient (Wildman–Crippen LogP) is 2.52. The van der Waals surface area contributed by atoms with Crippen molar-refractivity contribution < 1.29 is 23.1 Å². The number of alkyl halides is 3. The minimum Gasteiger partial charge on any atom is -0.376 e. The molecule has 0 aromatic carbocycles. The van der Waals surface area contributed by atoms with Crippen LogP contribution in [0.25, 0.3) is 0 Å². The van der Waals surface area contributed by atoms with Gasteiger partial charge < -0.3 is 15.3 Å². The van der Waals surface area contributed by atoms with Crippen molar-refractivity contribution in [1.82, 2.24) is 25.1 Å². The first-order valence-electron chi connectivity index (χ1n) is 10.9. The van der Waals surface area contributed by atoms with Crippen LogP contribution in [-0.2, 0) is 6.18 Å². The summed E-state index contributed by atoms with van der Waals surface area (Å²) in [6.45, 7) is 2.80. The van der Waals surface area contributed by atoms with E-state index in [1.165, 1.54) is 0 Å². The molecule has 1 saturated carbocycles. The molecule has 7 nitrogen and oxygen atoms in total. The van der Waals surface area contributed by atoms with Gasteiger partial charge in [0.15, 0.2) is 0 Å². The van der Waals surface area contributed by atoms with E-state index < -0.39 is 30.2 Å². The summed E-state index contributed by atoms with van der Waals surface area (Å²) in [6, 6.07) is 1.36. The van der Waals surface area contributed by atoms with Gasteiger partial charge in [-0.2, -0.15) is 13.2 Å². The molecule has 31 heavy (non-hydrogen) atoms. The highest BCUT2D eigenvalue weighted by atomic mass is 19.4. The van der Waals surface area contributed by atoms with E-state index in [-0.39, 0.29) is 11.7 Å². The van der Waals surface area contributed by atoms with Crippen LogP contribution in [0.1, 0.15) is 61.8 Å². The lowest BCUT2D eigenvalue weighted by Crippen LogP contribution is -2.52. The highest BCUT2D eigenvalue weighted by Gasteiger charge is 2.43. The molecule has 2 aliphatic rings. The third kappa shape index (κ3) is 5.53. The van der Waals surface area contributed by atoms with Crippen molar-refractivity contribution in [3.63, 3.8) is 0 Å². The number of carbonyl (C=O) groups excluding carboxylic acids is 1. The van der Waals surface area contributed by atoms with Gasteiger partial charge in [0.05, 0.1) is 6.04 Å². The maximum Gasteiger partial charge on any atom is 0.451 e. The fraction of sp³-hybridized carbons (Fsp3) is 0.762. The molecule has 174 valence electrons. The van der Waals surface area contributed by atoms with Gasteiger partial charge in [0, 0.05) is 24.8 Å². The molecule has 2 fully saturated rings. The summed E-state index contributed by atoms with van der Waals surface area (Å²) < 4.78 is 38.5. The molecule has 10 heteroatoms. The monoisotopic (exact) mass is 443 g/mol. The van der Waals surface area contributed by atoms with Crippen LogP contribution in [0.5, 0.6) is 0 Å². The zero-order valence-corrected chi connectivity index (χ0v) is 18.3. The van der Waals surface area contributed by atoms with E-state index >= 15 is 0 Å². The van der Waals surface area contributed by atoms with Crippen LogP contribution in [0.4, 0.5) is 13.2 Å². The van der Waals surface area contributed by atoms with Crippen molar-refractivity contribution in [2.24, 2.45) is 5.92 Å². The van der Waals surface area contributed by atoms with Crippen molar-refractivity contribution in [3.8, 4) is 0 Å². The van der Waals surface area contributed by atoms with Gasteiger partial charge in [0.1, 0.15) is 11.9 Å². The highest BCUT2D eigenvalue weighted by Crippen LogP contribution is 2.36. The maximum absolute atomic E-state index is 12.8. The van der Waals surface area contributed by atoms with Crippen LogP contribution >= 0.6 is 0 Å². The van der Waals surface area contributed by atoms with Gasteiger partial charge >= 0.3 is 6.18 Å². The number of hydrogen-bond donors (Lipinski definition) is 2. The average molecular weight is 444 g/mol. The van der Waals surface area contributed by atoms with E-state index in [0.717, 1.165) is 44.4 Å². The molecule has 1 aliphatic carbocycles. The molecule has 2 heterocycles. The molecule has 1 aromatic heterocycles. The van der Waals surface area contributed by atoms with Crippen LogP contribution in [0.2, 0.25) is 0 Å². The smallest absolute Gasteiger partial charge is 0.376 e. The summed E-state index contributed by atoms with van der Waals surface area (Å²) in [6.07, 6.45) is 1.12. The number of likely N-dealkylation sites (tertiary alicyclic amines) is 1. The Hall–Kier alpha value is -1.78. The molecule has 5 atom stereocenters. The van der Waals surface area contributed by atoms with E-state index in [2.05, 4.69) is 46.1 Å². The van der Waals surface area contributed by atoms with E-state index in [0.29, 0.717) is 24.9 Å². The van der Waals surface area contributed by atoms with E-state index in [4.69, 9.17) is 0 Å². The Labute approximate surface area is 181 Å². The molecular weight excluding hydrogens is 411 g/mol. The number of amides is 1. The first-order valence-corrected chi connectivity index (χ1v) is 10.9.